The minimum Gasteiger partial charge on any atom is -0.450 e. The van der Waals surface area contributed by atoms with Gasteiger partial charge in [-0.05, 0) is 37.8 Å². The number of halogens is 1. The van der Waals surface area contributed by atoms with Gasteiger partial charge in [0.15, 0.2) is 5.76 Å². The molecule has 0 unspecified atom stereocenters. The fourth-order valence-electron chi connectivity index (χ4n) is 5.23. The number of amides is 1. The molecule has 0 saturated heterocycles. The van der Waals surface area contributed by atoms with Crippen LogP contribution in [0.1, 0.15) is 73.9 Å². The topological polar surface area (TPSA) is 66.3 Å². The molecule has 0 atom stereocenters. The van der Waals surface area contributed by atoms with E-state index < -0.39 is 0 Å². The minimum atomic E-state index is -0.240. The van der Waals surface area contributed by atoms with E-state index in [2.05, 4.69) is 22.5 Å². The van der Waals surface area contributed by atoms with Crippen LogP contribution in [0.2, 0.25) is 5.02 Å². The van der Waals surface area contributed by atoms with Gasteiger partial charge in [0.05, 0.1) is 22.1 Å². The summed E-state index contributed by atoms with van der Waals surface area (Å²) < 4.78 is 6.18. The molecule has 2 aliphatic carbocycles. The Kier molecular flexibility index (Phi) is 4.31. The summed E-state index contributed by atoms with van der Waals surface area (Å²) in [5.41, 5.74) is 2.42. The molecule has 1 aliphatic heterocycles. The van der Waals surface area contributed by atoms with E-state index in [9.17, 15) is 4.79 Å². The standard InChI is InChI=1S/C22H26ClN3O2/c1-13-24-19-16(23)11-14-12-17(21(27)25-15-7-3-4-8-15)28-20(14)18(19)22(26-13)9-5-2-6-10-22/h11-12,15,24,26H,1-10H2,(H,25,27). The second kappa shape index (κ2) is 6.73. The van der Waals surface area contributed by atoms with Crippen molar-refractivity contribution in [2.45, 2.75) is 69.4 Å². The lowest BCUT2D eigenvalue weighted by Crippen LogP contribution is -2.48. The van der Waals surface area contributed by atoms with Gasteiger partial charge < -0.3 is 20.4 Å². The Hall–Kier alpha value is -2.14. The van der Waals surface area contributed by atoms with Crippen molar-refractivity contribution >= 4 is 34.2 Å². The average molecular weight is 400 g/mol. The molecule has 2 fully saturated rings. The van der Waals surface area contributed by atoms with Gasteiger partial charge in [0.1, 0.15) is 5.58 Å². The highest BCUT2D eigenvalue weighted by atomic mass is 35.5. The highest BCUT2D eigenvalue weighted by molar-refractivity contribution is 6.34. The Balaban J connectivity index is 1.61. The number of carbonyl (C=O) groups is 1. The maximum atomic E-state index is 12.8. The number of hydrogen-bond acceptors (Lipinski definition) is 4. The molecule has 2 saturated carbocycles. The van der Waals surface area contributed by atoms with Crippen LogP contribution in [0.15, 0.2) is 28.9 Å². The van der Waals surface area contributed by atoms with Crippen molar-refractivity contribution < 1.29 is 9.21 Å². The van der Waals surface area contributed by atoms with Gasteiger partial charge in [-0.25, -0.2) is 0 Å². The lowest BCUT2D eigenvalue weighted by atomic mass is 9.74. The van der Waals surface area contributed by atoms with Crippen molar-refractivity contribution in [1.29, 1.82) is 0 Å². The van der Waals surface area contributed by atoms with Crippen LogP contribution in [0.5, 0.6) is 0 Å². The molecule has 6 heteroatoms. The van der Waals surface area contributed by atoms with E-state index >= 15 is 0 Å². The number of rotatable bonds is 2. The predicted octanol–water partition coefficient (Wildman–Crippen LogP) is 5.40. The maximum Gasteiger partial charge on any atom is 0.287 e. The smallest absolute Gasteiger partial charge is 0.287 e. The molecule has 148 valence electrons. The Morgan fingerprint density at radius 1 is 1.18 bits per heavy atom. The number of carbonyl (C=O) groups excluding carboxylic acids is 1. The number of benzene rings is 1. The summed E-state index contributed by atoms with van der Waals surface area (Å²) in [5.74, 6) is 0.995. The molecule has 5 nitrogen and oxygen atoms in total. The van der Waals surface area contributed by atoms with E-state index in [1.165, 1.54) is 19.3 Å². The highest BCUT2D eigenvalue weighted by Crippen LogP contribution is 2.49. The van der Waals surface area contributed by atoms with E-state index in [4.69, 9.17) is 16.0 Å². The molecule has 0 radical (unpaired) electrons. The Labute approximate surface area is 169 Å². The molecular formula is C22H26ClN3O2. The van der Waals surface area contributed by atoms with Crippen LogP contribution in [0.25, 0.3) is 11.0 Å². The van der Waals surface area contributed by atoms with Crippen LogP contribution in [0.3, 0.4) is 0 Å². The average Bonchev–Trinajstić information content (AvgIpc) is 3.32. The molecule has 1 amide bonds. The van der Waals surface area contributed by atoms with E-state index in [0.29, 0.717) is 10.8 Å². The molecule has 2 heterocycles. The van der Waals surface area contributed by atoms with Gasteiger partial charge in [0.25, 0.3) is 5.91 Å². The van der Waals surface area contributed by atoms with Gasteiger partial charge in [-0.3, -0.25) is 4.79 Å². The normalized spacial score (nSPS) is 21.4. The first-order valence-corrected chi connectivity index (χ1v) is 10.7. The molecule has 0 bridgehead atoms. The van der Waals surface area contributed by atoms with Crippen molar-refractivity contribution in [3.05, 3.63) is 40.9 Å². The number of anilines is 1. The first-order valence-electron chi connectivity index (χ1n) is 10.4. The first-order chi connectivity index (χ1) is 13.6. The lowest BCUT2D eigenvalue weighted by molar-refractivity contribution is 0.0911. The Morgan fingerprint density at radius 3 is 2.68 bits per heavy atom. The van der Waals surface area contributed by atoms with Crippen molar-refractivity contribution in [3.63, 3.8) is 0 Å². The van der Waals surface area contributed by atoms with Crippen LogP contribution in [-0.2, 0) is 5.54 Å². The monoisotopic (exact) mass is 399 g/mol. The van der Waals surface area contributed by atoms with Crippen molar-refractivity contribution in [2.75, 3.05) is 5.32 Å². The zero-order chi connectivity index (χ0) is 19.3. The molecule has 5 rings (SSSR count). The van der Waals surface area contributed by atoms with E-state index in [-0.39, 0.29) is 17.5 Å². The van der Waals surface area contributed by atoms with Gasteiger partial charge >= 0.3 is 0 Å². The molecule has 3 aliphatic rings. The number of fused-ring (bicyclic) bond motifs is 4. The van der Waals surface area contributed by atoms with Crippen LogP contribution >= 0.6 is 11.6 Å². The third-order valence-electron chi connectivity index (χ3n) is 6.52. The van der Waals surface area contributed by atoms with Gasteiger partial charge in [-0.1, -0.05) is 50.3 Å². The third-order valence-corrected chi connectivity index (χ3v) is 6.82. The van der Waals surface area contributed by atoms with Crippen LogP contribution < -0.4 is 16.0 Å². The fraction of sp³-hybridized carbons (Fsp3) is 0.500. The molecule has 1 aromatic carbocycles. The zero-order valence-corrected chi connectivity index (χ0v) is 16.8. The number of furan rings is 1. The Morgan fingerprint density at radius 2 is 1.93 bits per heavy atom. The summed E-state index contributed by atoms with van der Waals surface area (Å²) in [7, 11) is 0. The maximum absolute atomic E-state index is 12.8. The summed E-state index contributed by atoms with van der Waals surface area (Å²) >= 11 is 6.64. The predicted molar refractivity (Wildman–Crippen MR) is 112 cm³/mol. The van der Waals surface area contributed by atoms with Crippen molar-refractivity contribution in [1.82, 2.24) is 10.6 Å². The Bertz CT molecular complexity index is 952. The third kappa shape index (κ3) is 2.87. The molecule has 1 aromatic heterocycles. The van der Waals surface area contributed by atoms with Crippen molar-refractivity contribution in [2.24, 2.45) is 0 Å². The summed E-state index contributed by atoms with van der Waals surface area (Å²) in [6, 6.07) is 3.97. The zero-order valence-electron chi connectivity index (χ0n) is 16.0. The van der Waals surface area contributed by atoms with E-state index in [1.807, 2.05) is 12.1 Å². The number of nitrogens with one attached hydrogen (secondary N) is 3. The first kappa shape index (κ1) is 17.9. The molecule has 1 spiro atoms. The summed E-state index contributed by atoms with van der Waals surface area (Å²) in [6.45, 7) is 4.10. The van der Waals surface area contributed by atoms with Crippen molar-refractivity contribution in [3.8, 4) is 0 Å². The van der Waals surface area contributed by atoms with E-state index in [0.717, 1.165) is 66.6 Å². The summed E-state index contributed by atoms with van der Waals surface area (Å²) in [4.78, 5) is 12.8. The molecular weight excluding hydrogens is 374 g/mol. The second-order valence-electron chi connectivity index (χ2n) is 8.46. The SMILES string of the molecule is C=C1Nc2c(Cl)cc3cc(C(=O)NC4CCCC4)oc3c2C2(CCCCC2)N1. The molecule has 28 heavy (non-hydrogen) atoms. The van der Waals surface area contributed by atoms with Crippen LogP contribution in [-0.4, -0.2) is 11.9 Å². The fourth-order valence-corrected chi connectivity index (χ4v) is 5.49. The van der Waals surface area contributed by atoms with Crippen LogP contribution in [0, 0.1) is 0 Å². The summed E-state index contributed by atoms with van der Waals surface area (Å²) in [5, 5.41) is 11.5. The van der Waals surface area contributed by atoms with Gasteiger partial charge in [0, 0.05) is 17.0 Å². The second-order valence-corrected chi connectivity index (χ2v) is 8.87. The molecule has 3 N–H and O–H groups in total. The van der Waals surface area contributed by atoms with E-state index in [1.54, 1.807) is 0 Å². The largest absolute Gasteiger partial charge is 0.450 e. The quantitative estimate of drug-likeness (QED) is 0.632. The van der Waals surface area contributed by atoms with Gasteiger partial charge in [0.2, 0.25) is 0 Å². The van der Waals surface area contributed by atoms with Gasteiger partial charge in [-0.2, -0.15) is 0 Å². The lowest BCUT2D eigenvalue weighted by Gasteiger charge is -2.44. The van der Waals surface area contributed by atoms with Crippen LogP contribution in [0.4, 0.5) is 5.69 Å². The summed E-state index contributed by atoms with van der Waals surface area (Å²) in [6.07, 6.45) is 9.97. The highest BCUT2D eigenvalue weighted by Gasteiger charge is 2.42. The van der Waals surface area contributed by atoms with Gasteiger partial charge in [-0.15, -0.1) is 0 Å². The molecule has 2 aromatic rings. The number of hydrogen-bond donors (Lipinski definition) is 3. The minimum absolute atomic E-state index is 0.133.